The molecule has 3 aromatic heterocycles. The van der Waals surface area contributed by atoms with E-state index in [1.54, 1.807) is 6.92 Å². The average molecular weight is 390 g/mol. The second-order valence-electron chi connectivity index (χ2n) is 7.59. The number of aromatic amines is 1. The third kappa shape index (κ3) is 2.74. The Morgan fingerprint density at radius 1 is 1.14 bits per heavy atom. The molecule has 148 valence electrons. The van der Waals surface area contributed by atoms with Gasteiger partial charge in [-0.2, -0.15) is 0 Å². The molecule has 4 aromatic rings. The summed E-state index contributed by atoms with van der Waals surface area (Å²) < 4.78 is 7.35. The minimum Gasteiger partial charge on any atom is -0.403 e. The Hall–Kier alpha value is -3.42. The van der Waals surface area contributed by atoms with Crippen molar-refractivity contribution >= 4 is 11.7 Å². The van der Waals surface area contributed by atoms with E-state index >= 15 is 0 Å². The zero-order chi connectivity index (χ0) is 20.1. The number of aromatic nitrogens is 5. The molecular formula is C21H22N6O2. The summed E-state index contributed by atoms with van der Waals surface area (Å²) in [7, 11) is 0. The summed E-state index contributed by atoms with van der Waals surface area (Å²) in [6.45, 7) is 6.76. The maximum atomic E-state index is 13.3. The molecule has 5 rings (SSSR count). The fourth-order valence-electron chi connectivity index (χ4n) is 4.14. The number of anilines is 1. The van der Waals surface area contributed by atoms with E-state index in [1.165, 1.54) is 4.52 Å². The normalized spacial score (nSPS) is 16.8. The second-order valence-corrected chi connectivity index (χ2v) is 7.59. The van der Waals surface area contributed by atoms with Crippen molar-refractivity contribution in [3.05, 3.63) is 52.1 Å². The van der Waals surface area contributed by atoms with Crippen molar-refractivity contribution in [3.8, 4) is 22.6 Å². The van der Waals surface area contributed by atoms with Gasteiger partial charge >= 0.3 is 6.01 Å². The van der Waals surface area contributed by atoms with Crippen molar-refractivity contribution in [2.45, 2.75) is 39.7 Å². The first-order chi connectivity index (χ1) is 14.0. The molecule has 0 spiro atoms. The van der Waals surface area contributed by atoms with Crippen molar-refractivity contribution in [1.29, 1.82) is 0 Å². The van der Waals surface area contributed by atoms with Crippen LogP contribution in [0.3, 0.4) is 0 Å². The number of rotatable bonds is 3. The third-order valence-electron chi connectivity index (χ3n) is 5.63. The van der Waals surface area contributed by atoms with E-state index in [-0.39, 0.29) is 11.4 Å². The number of H-pyrrole nitrogens is 1. The Bertz CT molecular complexity index is 1250. The Kier molecular flexibility index (Phi) is 4.01. The smallest absolute Gasteiger partial charge is 0.318 e. The second kappa shape index (κ2) is 6.58. The summed E-state index contributed by atoms with van der Waals surface area (Å²) in [6, 6.07) is 10.7. The SMILES string of the molecule is Cc1nc2c(-c3ccccc3)c(C)[nH]n2c(=O)c1-c1nnc(N2CCCC2C)o1. The van der Waals surface area contributed by atoms with E-state index in [4.69, 9.17) is 9.40 Å². The molecule has 1 aliphatic heterocycles. The number of hydrogen-bond donors (Lipinski definition) is 1. The monoisotopic (exact) mass is 390 g/mol. The maximum Gasteiger partial charge on any atom is 0.318 e. The lowest BCUT2D eigenvalue weighted by Gasteiger charge is -2.17. The molecule has 0 aliphatic carbocycles. The third-order valence-corrected chi connectivity index (χ3v) is 5.63. The van der Waals surface area contributed by atoms with Crippen molar-refractivity contribution in [2.75, 3.05) is 11.4 Å². The number of aryl methyl sites for hydroxylation is 2. The molecule has 8 nitrogen and oxygen atoms in total. The fraction of sp³-hybridized carbons (Fsp3) is 0.333. The minimum absolute atomic E-state index is 0.206. The topological polar surface area (TPSA) is 92.3 Å². The summed E-state index contributed by atoms with van der Waals surface area (Å²) in [4.78, 5) is 20.1. The fourth-order valence-corrected chi connectivity index (χ4v) is 4.14. The van der Waals surface area contributed by atoms with Crippen LogP contribution in [-0.2, 0) is 0 Å². The molecule has 0 bridgehead atoms. The van der Waals surface area contributed by atoms with Crippen LogP contribution in [0.2, 0.25) is 0 Å². The standard InChI is InChI=1S/C21H22N6O2/c1-12-8-7-11-26(12)21-24-23-19(29-21)17-13(2)22-18-16(15-9-5-4-6-10-15)14(3)25-27(18)20(17)28/h4-6,9-10,12,25H,7-8,11H2,1-3H3. The van der Waals surface area contributed by atoms with Gasteiger partial charge in [0.15, 0.2) is 5.65 Å². The lowest BCUT2D eigenvalue weighted by atomic mass is 10.1. The maximum absolute atomic E-state index is 13.3. The molecule has 0 saturated carbocycles. The van der Waals surface area contributed by atoms with E-state index in [0.29, 0.717) is 29.0 Å². The molecule has 0 amide bonds. The molecule has 1 saturated heterocycles. The van der Waals surface area contributed by atoms with Gasteiger partial charge in [0.05, 0.1) is 5.69 Å². The number of benzene rings is 1. The van der Waals surface area contributed by atoms with E-state index in [0.717, 1.165) is 36.2 Å². The number of nitrogens with one attached hydrogen (secondary N) is 1. The van der Waals surface area contributed by atoms with Crippen LogP contribution in [0.5, 0.6) is 0 Å². The van der Waals surface area contributed by atoms with Crippen molar-refractivity contribution in [1.82, 2.24) is 24.8 Å². The first-order valence-corrected chi connectivity index (χ1v) is 9.82. The number of hydrogen-bond acceptors (Lipinski definition) is 6. The summed E-state index contributed by atoms with van der Waals surface area (Å²) in [5.74, 6) is 0.206. The van der Waals surface area contributed by atoms with Crippen LogP contribution in [-0.4, -0.2) is 37.4 Å². The summed E-state index contributed by atoms with van der Waals surface area (Å²) in [5, 5.41) is 11.5. The van der Waals surface area contributed by atoms with Gasteiger partial charge in [-0.1, -0.05) is 35.4 Å². The molecule has 1 fully saturated rings. The van der Waals surface area contributed by atoms with Crippen LogP contribution in [0.15, 0.2) is 39.5 Å². The Morgan fingerprint density at radius 2 is 1.93 bits per heavy atom. The van der Waals surface area contributed by atoms with Crippen LogP contribution in [0, 0.1) is 13.8 Å². The average Bonchev–Trinajstić information content (AvgIpc) is 3.41. The minimum atomic E-state index is -0.248. The highest BCUT2D eigenvalue weighted by Gasteiger charge is 2.27. The highest BCUT2D eigenvalue weighted by molar-refractivity contribution is 5.80. The van der Waals surface area contributed by atoms with Gasteiger partial charge in [-0.05, 0) is 39.2 Å². The Labute approximate surface area is 167 Å². The largest absolute Gasteiger partial charge is 0.403 e. The molecule has 1 N–H and O–H groups in total. The van der Waals surface area contributed by atoms with Crippen LogP contribution in [0.1, 0.15) is 31.2 Å². The summed E-state index contributed by atoms with van der Waals surface area (Å²) in [5.41, 5.74) is 4.02. The predicted octanol–water partition coefficient (Wildman–Crippen LogP) is 3.35. The zero-order valence-electron chi connectivity index (χ0n) is 16.6. The molecule has 1 aliphatic rings. The lowest BCUT2D eigenvalue weighted by Crippen LogP contribution is -2.26. The first-order valence-electron chi connectivity index (χ1n) is 9.82. The molecule has 4 heterocycles. The van der Waals surface area contributed by atoms with Gasteiger partial charge < -0.3 is 9.32 Å². The predicted molar refractivity (Wildman–Crippen MR) is 110 cm³/mol. The molecule has 1 aromatic carbocycles. The van der Waals surface area contributed by atoms with Crippen LogP contribution >= 0.6 is 0 Å². The Morgan fingerprint density at radius 3 is 2.66 bits per heavy atom. The van der Waals surface area contributed by atoms with Gasteiger partial charge in [-0.15, -0.1) is 5.10 Å². The van der Waals surface area contributed by atoms with Gasteiger partial charge in [0.2, 0.25) is 0 Å². The van der Waals surface area contributed by atoms with E-state index in [2.05, 4.69) is 27.1 Å². The summed E-state index contributed by atoms with van der Waals surface area (Å²) in [6.07, 6.45) is 2.19. The quantitative estimate of drug-likeness (QED) is 0.577. The molecule has 29 heavy (non-hydrogen) atoms. The highest BCUT2D eigenvalue weighted by Crippen LogP contribution is 2.30. The zero-order valence-corrected chi connectivity index (χ0v) is 16.6. The van der Waals surface area contributed by atoms with Crippen molar-refractivity contribution < 1.29 is 4.42 Å². The van der Waals surface area contributed by atoms with Gasteiger partial charge in [0, 0.05) is 23.8 Å². The lowest BCUT2D eigenvalue weighted by molar-refractivity contribution is 0.537. The van der Waals surface area contributed by atoms with Gasteiger partial charge in [-0.3, -0.25) is 9.89 Å². The first kappa shape index (κ1) is 17.7. The number of nitrogens with zero attached hydrogens (tertiary/aromatic N) is 5. The molecular weight excluding hydrogens is 368 g/mol. The molecule has 1 atom stereocenters. The van der Waals surface area contributed by atoms with Gasteiger partial charge in [0.25, 0.3) is 11.4 Å². The van der Waals surface area contributed by atoms with Crippen molar-refractivity contribution in [2.24, 2.45) is 0 Å². The number of fused-ring (bicyclic) bond motifs is 1. The molecule has 8 heteroatoms. The van der Waals surface area contributed by atoms with Gasteiger partial charge in [0.1, 0.15) is 5.56 Å². The van der Waals surface area contributed by atoms with Crippen molar-refractivity contribution in [3.63, 3.8) is 0 Å². The summed E-state index contributed by atoms with van der Waals surface area (Å²) >= 11 is 0. The van der Waals surface area contributed by atoms with Gasteiger partial charge in [-0.25, -0.2) is 9.50 Å². The van der Waals surface area contributed by atoms with E-state index in [9.17, 15) is 4.79 Å². The highest BCUT2D eigenvalue weighted by atomic mass is 16.4. The van der Waals surface area contributed by atoms with E-state index < -0.39 is 0 Å². The van der Waals surface area contributed by atoms with Crippen LogP contribution in [0.25, 0.3) is 28.2 Å². The molecule has 0 radical (unpaired) electrons. The van der Waals surface area contributed by atoms with Crippen LogP contribution in [0.4, 0.5) is 6.01 Å². The Balaban J connectivity index is 1.65. The van der Waals surface area contributed by atoms with E-state index in [1.807, 2.05) is 37.3 Å². The molecule has 1 unspecified atom stereocenters. The van der Waals surface area contributed by atoms with Crippen LogP contribution < -0.4 is 10.5 Å².